The second-order valence-electron chi connectivity index (χ2n) is 3.84. The van der Waals surface area contributed by atoms with E-state index in [0.29, 0.717) is 5.76 Å². The van der Waals surface area contributed by atoms with Crippen LogP contribution in [0, 0.1) is 0 Å². The van der Waals surface area contributed by atoms with Crippen molar-refractivity contribution in [2.24, 2.45) is 0 Å². The van der Waals surface area contributed by atoms with E-state index >= 15 is 0 Å². The standard InChI is InChI=1S/C15H14O2/c1-11(16)15(17-2)10-13-8-5-7-12-6-3-4-9-14(12)13/h3-10H,1-2H3/b15-10-. The Kier molecular flexibility index (Phi) is 3.24. The lowest BCUT2D eigenvalue weighted by Crippen LogP contribution is -1.98. The van der Waals surface area contributed by atoms with Crippen molar-refractivity contribution in [1.29, 1.82) is 0 Å². The molecule has 0 amide bonds. The first-order valence-electron chi connectivity index (χ1n) is 5.47. The summed E-state index contributed by atoms with van der Waals surface area (Å²) in [6, 6.07) is 14.1. The fourth-order valence-electron chi connectivity index (χ4n) is 1.82. The number of fused-ring (bicyclic) bond motifs is 1. The Morgan fingerprint density at radius 3 is 2.53 bits per heavy atom. The molecule has 2 aromatic rings. The molecule has 0 aromatic heterocycles. The summed E-state index contributed by atoms with van der Waals surface area (Å²) in [6.07, 6.45) is 1.78. The number of ketones is 1. The molecule has 0 unspecified atom stereocenters. The van der Waals surface area contributed by atoms with Crippen molar-refractivity contribution >= 4 is 22.6 Å². The first-order valence-corrected chi connectivity index (χ1v) is 5.47. The lowest BCUT2D eigenvalue weighted by molar-refractivity contribution is -0.116. The molecule has 0 fully saturated rings. The SMILES string of the molecule is CO/C(=C\c1cccc2ccccc12)C(C)=O. The van der Waals surface area contributed by atoms with Crippen molar-refractivity contribution in [1.82, 2.24) is 0 Å². The van der Waals surface area contributed by atoms with E-state index in [1.54, 1.807) is 6.08 Å². The summed E-state index contributed by atoms with van der Waals surface area (Å²) in [5.74, 6) is 0.307. The molecule has 2 aromatic carbocycles. The number of rotatable bonds is 3. The predicted octanol–water partition coefficient (Wildman–Crippen LogP) is 3.42. The van der Waals surface area contributed by atoms with Gasteiger partial charge in [0.25, 0.3) is 0 Å². The van der Waals surface area contributed by atoms with Crippen molar-refractivity contribution in [2.75, 3.05) is 7.11 Å². The topological polar surface area (TPSA) is 26.3 Å². The number of Topliss-reactive ketones (excluding diaryl/α,β-unsaturated/α-hetero) is 1. The van der Waals surface area contributed by atoms with Gasteiger partial charge in [0, 0.05) is 6.92 Å². The van der Waals surface area contributed by atoms with Gasteiger partial charge in [0.2, 0.25) is 0 Å². The van der Waals surface area contributed by atoms with Gasteiger partial charge in [0.15, 0.2) is 11.5 Å². The predicted molar refractivity (Wildman–Crippen MR) is 69.6 cm³/mol. The third kappa shape index (κ3) is 2.36. The highest BCUT2D eigenvalue weighted by molar-refractivity contribution is 5.99. The van der Waals surface area contributed by atoms with Crippen LogP contribution in [0.3, 0.4) is 0 Å². The summed E-state index contributed by atoms with van der Waals surface area (Å²) < 4.78 is 5.08. The Bertz CT molecular complexity index is 577. The van der Waals surface area contributed by atoms with Gasteiger partial charge in [-0.25, -0.2) is 0 Å². The maximum atomic E-state index is 11.3. The minimum Gasteiger partial charge on any atom is -0.493 e. The minimum atomic E-state index is -0.0690. The van der Waals surface area contributed by atoms with Gasteiger partial charge in [0.1, 0.15) is 0 Å². The molecule has 0 spiro atoms. The van der Waals surface area contributed by atoms with Crippen LogP contribution in [0.1, 0.15) is 12.5 Å². The van der Waals surface area contributed by atoms with E-state index < -0.39 is 0 Å². The number of benzene rings is 2. The minimum absolute atomic E-state index is 0.0690. The Hall–Kier alpha value is -2.09. The van der Waals surface area contributed by atoms with Crippen molar-refractivity contribution < 1.29 is 9.53 Å². The van der Waals surface area contributed by atoms with Crippen LogP contribution in [-0.4, -0.2) is 12.9 Å². The van der Waals surface area contributed by atoms with E-state index in [0.717, 1.165) is 16.3 Å². The number of carbonyl (C=O) groups is 1. The van der Waals surface area contributed by atoms with Crippen molar-refractivity contribution in [2.45, 2.75) is 6.92 Å². The molecule has 86 valence electrons. The molecule has 0 bridgehead atoms. The molecule has 2 heteroatoms. The summed E-state index contributed by atoms with van der Waals surface area (Å²) in [4.78, 5) is 11.3. The van der Waals surface area contributed by atoms with Crippen LogP contribution in [0.5, 0.6) is 0 Å². The number of methoxy groups -OCH3 is 1. The van der Waals surface area contributed by atoms with E-state index in [-0.39, 0.29) is 5.78 Å². The number of hydrogen-bond acceptors (Lipinski definition) is 2. The first kappa shape index (κ1) is 11.4. The van der Waals surface area contributed by atoms with Gasteiger partial charge in [-0.05, 0) is 22.4 Å². The molecule has 0 radical (unpaired) electrons. The van der Waals surface area contributed by atoms with E-state index in [1.807, 2.05) is 42.5 Å². The summed E-state index contributed by atoms with van der Waals surface area (Å²) >= 11 is 0. The smallest absolute Gasteiger partial charge is 0.194 e. The average Bonchev–Trinajstić information content (AvgIpc) is 2.35. The molecule has 0 saturated heterocycles. The lowest BCUT2D eigenvalue weighted by atomic mass is 10.0. The van der Waals surface area contributed by atoms with Gasteiger partial charge in [0.05, 0.1) is 7.11 Å². The molecular weight excluding hydrogens is 212 g/mol. The van der Waals surface area contributed by atoms with Gasteiger partial charge in [-0.2, -0.15) is 0 Å². The third-order valence-electron chi connectivity index (χ3n) is 2.68. The molecule has 0 aliphatic carbocycles. The molecule has 17 heavy (non-hydrogen) atoms. The Balaban J connectivity index is 2.59. The van der Waals surface area contributed by atoms with Crippen LogP contribution in [-0.2, 0) is 9.53 Å². The quantitative estimate of drug-likeness (QED) is 0.592. The van der Waals surface area contributed by atoms with Gasteiger partial charge >= 0.3 is 0 Å². The summed E-state index contributed by atoms with van der Waals surface area (Å²) in [5, 5.41) is 2.27. The largest absolute Gasteiger partial charge is 0.493 e. The number of ether oxygens (including phenoxy) is 1. The molecule has 0 N–H and O–H groups in total. The highest BCUT2D eigenvalue weighted by Gasteiger charge is 2.04. The van der Waals surface area contributed by atoms with E-state index in [2.05, 4.69) is 0 Å². The van der Waals surface area contributed by atoms with Crippen LogP contribution < -0.4 is 0 Å². The van der Waals surface area contributed by atoms with Crippen LogP contribution in [0.4, 0.5) is 0 Å². The van der Waals surface area contributed by atoms with Crippen LogP contribution in [0.25, 0.3) is 16.8 Å². The summed E-state index contributed by atoms with van der Waals surface area (Å²) in [5.41, 5.74) is 0.996. The monoisotopic (exact) mass is 226 g/mol. The van der Waals surface area contributed by atoms with Crippen molar-refractivity contribution in [3.63, 3.8) is 0 Å². The molecule has 2 nitrogen and oxygen atoms in total. The van der Waals surface area contributed by atoms with Gasteiger partial charge in [-0.3, -0.25) is 4.79 Å². The van der Waals surface area contributed by atoms with Crippen LogP contribution in [0.15, 0.2) is 48.2 Å². The maximum absolute atomic E-state index is 11.3. The van der Waals surface area contributed by atoms with Gasteiger partial charge < -0.3 is 4.74 Å². The Labute approximate surface area is 101 Å². The maximum Gasteiger partial charge on any atom is 0.194 e. The Morgan fingerprint density at radius 1 is 1.12 bits per heavy atom. The first-order chi connectivity index (χ1) is 8.22. The second kappa shape index (κ2) is 4.83. The molecule has 0 heterocycles. The number of carbonyl (C=O) groups excluding carboxylic acids is 1. The number of allylic oxidation sites excluding steroid dienone is 1. The Morgan fingerprint density at radius 2 is 1.82 bits per heavy atom. The highest BCUT2D eigenvalue weighted by atomic mass is 16.5. The van der Waals surface area contributed by atoms with Crippen LogP contribution in [0.2, 0.25) is 0 Å². The fraction of sp³-hybridized carbons (Fsp3) is 0.133. The summed E-state index contributed by atoms with van der Waals surface area (Å²) in [7, 11) is 1.51. The normalized spacial score (nSPS) is 11.5. The van der Waals surface area contributed by atoms with Gasteiger partial charge in [-0.15, -0.1) is 0 Å². The second-order valence-corrected chi connectivity index (χ2v) is 3.84. The third-order valence-corrected chi connectivity index (χ3v) is 2.68. The highest BCUT2D eigenvalue weighted by Crippen LogP contribution is 2.21. The zero-order valence-electron chi connectivity index (χ0n) is 9.94. The molecule has 0 atom stereocenters. The summed E-state index contributed by atoms with van der Waals surface area (Å²) in [6.45, 7) is 1.50. The molecule has 0 aliphatic heterocycles. The fourth-order valence-corrected chi connectivity index (χ4v) is 1.82. The average molecular weight is 226 g/mol. The molecule has 2 rings (SSSR count). The van der Waals surface area contributed by atoms with E-state index in [4.69, 9.17) is 4.74 Å². The van der Waals surface area contributed by atoms with Gasteiger partial charge in [-0.1, -0.05) is 42.5 Å². The van der Waals surface area contributed by atoms with Crippen LogP contribution >= 0.6 is 0 Å². The van der Waals surface area contributed by atoms with Crippen molar-refractivity contribution in [3.8, 4) is 0 Å². The molecular formula is C15H14O2. The lowest BCUT2D eigenvalue weighted by Gasteiger charge is -2.05. The number of hydrogen-bond donors (Lipinski definition) is 0. The zero-order valence-corrected chi connectivity index (χ0v) is 9.94. The molecule has 0 aliphatic rings. The zero-order chi connectivity index (χ0) is 12.3. The molecule has 0 saturated carbocycles. The van der Waals surface area contributed by atoms with Crippen molar-refractivity contribution in [3.05, 3.63) is 53.8 Å². The van der Waals surface area contributed by atoms with E-state index in [1.165, 1.54) is 14.0 Å². The van der Waals surface area contributed by atoms with E-state index in [9.17, 15) is 4.79 Å².